The van der Waals surface area contributed by atoms with Crippen LogP contribution in [0.2, 0.25) is 0 Å². The van der Waals surface area contributed by atoms with Crippen LogP contribution in [-0.2, 0) is 11.1 Å². The van der Waals surface area contributed by atoms with Gasteiger partial charge in [0.05, 0.1) is 4.90 Å². The van der Waals surface area contributed by atoms with E-state index in [1.54, 1.807) is 60.7 Å². The van der Waals surface area contributed by atoms with Crippen LogP contribution < -0.4 is 4.74 Å². The average Bonchev–Trinajstić information content (AvgIpc) is 2.80. The van der Waals surface area contributed by atoms with Crippen molar-refractivity contribution < 1.29 is 23.2 Å². The van der Waals surface area contributed by atoms with Gasteiger partial charge in [-0.3, -0.25) is 4.21 Å². The normalized spacial score (nSPS) is 14.9. The van der Waals surface area contributed by atoms with E-state index < -0.39 is 21.4 Å². The molecule has 4 rings (SSSR count). The van der Waals surface area contributed by atoms with Crippen molar-refractivity contribution in [2.75, 3.05) is 0 Å². The van der Waals surface area contributed by atoms with Crippen molar-refractivity contribution >= 4 is 21.4 Å². The molecule has 31 heavy (non-hydrogen) atoms. The number of phenols is 1. The van der Waals surface area contributed by atoms with Gasteiger partial charge in [0.1, 0.15) is 17.2 Å². The quantitative estimate of drug-likeness (QED) is 0.342. The predicted molar refractivity (Wildman–Crippen MR) is 120 cm³/mol. The fourth-order valence-corrected chi connectivity index (χ4v) is 6.78. The zero-order chi connectivity index (χ0) is 21.8. The molecule has 4 aromatic rings. The Morgan fingerprint density at radius 3 is 1.90 bits per heavy atom. The Morgan fingerprint density at radius 2 is 1.26 bits per heavy atom. The van der Waals surface area contributed by atoms with Gasteiger partial charge in [-0.05, 0) is 71.7 Å². The second-order valence-corrected chi connectivity index (χ2v) is 10.0. The third-order valence-corrected chi connectivity index (χ3v) is 8.45. The van der Waals surface area contributed by atoms with Crippen molar-refractivity contribution in [3.63, 3.8) is 0 Å². The van der Waals surface area contributed by atoms with Crippen LogP contribution in [0, 0.1) is 0 Å². The Hall–Kier alpha value is -3.10. The maximum Gasteiger partial charge on any atom is 0.130 e. The van der Waals surface area contributed by atoms with Gasteiger partial charge in [-0.25, -0.2) is 0 Å². The minimum absolute atomic E-state index is 0.0205. The molecule has 7 heteroatoms. The van der Waals surface area contributed by atoms with Crippen molar-refractivity contribution in [3.8, 4) is 17.2 Å². The lowest BCUT2D eigenvalue weighted by molar-refractivity contribution is 0.458. The highest BCUT2D eigenvalue weighted by Gasteiger charge is 2.33. The fourth-order valence-electron chi connectivity index (χ4n) is 3.24. The molecule has 0 fully saturated rings. The van der Waals surface area contributed by atoms with Crippen LogP contribution >= 0.6 is 10.3 Å². The number of para-hydroxylation sites is 2. The highest BCUT2D eigenvalue weighted by atomic mass is 32.3. The first-order valence-corrected chi connectivity index (χ1v) is 12.0. The largest absolute Gasteiger partial charge is 0.768 e. The first-order valence-electron chi connectivity index (χ1n) is 9.35. The average molecular weight is 452 g/mol. The summed E-state index contributed by atoms with van der Waals surface area (Å²) < 4.78 is 41.6. The summed E-state index contributed by atoms with van der Waals surface area (Å²) in [6.07, 6.45) is 0. The van der Waals surface area contributed by atoms with Crippen LogP contribution in [0.15, 0.2) is 123 Å². The van der Waals surface area contributed by atoms with E-state index in [2.05, 4.69) is 0 Å². The van der Waals surface area contributed by atoms with E-state index in [1.165, 1.54) is 12.1 Å². The first kappa shape index (κ1) is 21.1. The molecule has 0 saturated heterocycles. The molecule has 0 saturated carbocycles. The monoisotopic (exact) mass is 451 g/mol. The third kappa shape index (κ3) is 4.22. The van der Waals surface area contributed by atoms with Gasteiger partial charge in [-0.2, -0.15) is 0 Å². The summed E-state index contributed by atoms with van der Waals surface area (Å²) in [5, 5.41) is 10.5. The number of benzene rings is 4. The molecule has 0 heterocycles. The standard InChI is InChI=1S/C24H20O5S2/c25-21-10-4-6-12-23(21)31(28,24-13-7-5-11-22(24)30(26)27)20-16-14-19(15-17-20)29-18-8-2-1-3-9-18/h1-17,25,28H,(H,26,27)/p-1. The Bertz CT molecular complexity index is 1210. The van der Waals surface area contributed by atoms with Gasteiger partial charge < -0.3 is 18.9 Å². The molecule has 0 aliphatic rings. The van der Waals surface area contributed by atoms with Gasteiger partial charge in [-0.1, -0.05) is 52.8 Å². The van der Waals surface area contributed by atoms with Gasteiger partial charge in [0.2, 0.25) is 0 Å². The van der Waals surface area contributed by atoms with E-state index in [9.17, 15) is 18.4 Å². The van der Waals surface area contributed by atoms with Crippen LogP contribution in [0.3, 0.4) is 0 Å². The molecule has 0 aliphatic carbocycles. The molecule has 0 aromatic heterocycles. The van der Waals surface area contributed by atoms with Crippen molar-refractivity contribution in [1.82, 2.24) is 0 Å². The summed E-state index contributed by atoms with van der Waals surface area (Å²) in [4.78, 5) is 0.923. The zero-order valence-electron chi connectivity index (χ0n) is 16.3. The lowest BCUT2D eigenvalue weighted by Gasteiger charge is -2.37. The summed E-state index contributed by atoms with van der Waals surface area (Å²) in [5.41, 5.74) is 0. The van der Waals surface area contributed by atoms with Gasteiger partial charge in [0, 0.05) is 14.7 Å². The molecule has 4 aromatic carbocycles. The lowest BCUT2D eigenvalue weighted by atomic mass is 10.3. The highest BCUT2D eigenvalue weighted by molar-refractivity contribution is 8.29. The maximum atomic E-state index is 12.0. The third-order valence-electron chi connectivity index (χ3n) is 4.67. The Balaban J connectivity index is 1.85. The van der Waals surface area contributed by atoms with E-state index in [0.29, 0.717) is 16.4 Å². The Morgan fingerprint density at radius 1 is 0.710 bits per heavy atom. The van der Waals surface area contributed by atoms with E-state index in [1.807, 2.05) is 30.3 Å². The summed E-state index contributed by atoms with van der Waals surface area (Å²) in [5.74, 6) is 1.12. The molecule has 2 unspecified atom stereocenters. The zero-order valence-corrected chi connectivity index (χ0v) is 17.9. The molecular weight excluding hydrogens is 432 g/mol. The molecule has 5 nitrogen and oxygen atoms in total. The fraction of sp³-hybridized carbons (Fsp3) is 0. The van der Waals surface area contributed by atoms with Crippen molar-refractivity contribution in [3.05, 3.63) is 103 Å². The van der Waals surface area contributed by atoms with Crippen LogP contribution in [0.25, 0.3) is 0 Å². The van der Waals surface area contributed by atoms with E-state index in [0.717, 1.165) is 0 Å². The van der Waals surface area contributed by atoms with Crippen LogP contribution in [0.5, 0.6) is 17.2 Å². The first-order chi connectivity index (χ1) is 15.0. The molecule has 0 spiro atoms. The molecular formula is C24H19O5S2-. The molecule has 0 radical (unpaired) electrons. The Kier molecular flexibility index (Phi) is 6.11. The van der Waals surface area contributed by atoms with Gasteiger partial charge in [-0.15, -0.1) is 0 Å². The smallest absolute Gasteiger partial charge is 0.130 e. The minimum Gasteiger partial charge on any atom is -0.768 e. The number of rotatable bonds is 6. The van der Waals surface area contributed by atoms with Crippen molar-refractivity contribution in [1.29, 1.82) is 0 Å². The number of hydrogen-bond acceptors (Lipinski definition) is 5. The van der Waals surface area contributed by atoms with Gasteiger partial charge in [0.25, 0.3) is 0 Å². The predicted octanol–water partition coefficient (Wildman–Crippen LogP) is 6.18. The van der Waals surface area contributed by atoms with Crippen LogP contribution in [-0.4, -0.2) is 18.4 Å². The Labute approximate surface area is 184 Å². The van der Waals surface area contributed by atoms with Crippen molar-refractivity contribution in [2.45, 2.75) is 19.6 Å². The topological polar surface area (TPSA) is 89.8 Å². The molecule has 0 bridgehead atoms. The summed E-state index contributed by atoms with van der Waals surface area (Å²) in [6.45, 7) is 0. The molecule has 0 aliphatic heterocycles. The number of aromatic hydroxyl groups is 1. The van der Waals surface area contributed by atoms with Gasteiger partial charge >= 0.3 is 0 Å². The second kappa shape index (κ2) is 8.95. The molecule has 158 valence electrons. The van der Waals surface area contributed by atoms with Crippen LogP contribution in [0.1, 0.15) is 0 Å². The molecule has 0 amide bonds. The molecule has 2 atom stereocenters. The summed E-state index contributed by atoms with van der Waals surface area (Å²) in [7, 11) is -3.07. The summed E-state index contributed by atoms with van der Waals surface area (Å²) in [6, 6.07) is 28.7. The molecule has 2 N–H and O–H groups in total. The number of ether oxygens (including phenoxy) is 1. The van der Waals surface area contributed by atoms with E-state index >= 15 is 0 Å². The lowest BCUT2D eigenvalue weighted by Crippen LogP contribution is -2.06. The minimum atomic E-state index is -3.07. The SMILES string of the molecule is O=S([O-])c1ccccc1S(O)(c1ccc(Oc2ccccc2)cc1)c1ccccc1O. The number of hydrogen-bond donors (Lipinski definition) is 2. The number of phenolic OH excluding ortho intramolecular Hbond substituents is 1. The maximum absolute atomic E-state index is 12.0. The van der Waals surface area contributed by atoms with E-state index in [-0.39, 0.29) is 20.4 Å². The van der Waals surface area contributed by atoms with Crippen molar-refractivity contribution in [2.24, 2.45) is 0 Å². The highest BCUT2D eigenvalue weighted by Crippen LogP contribution is 2.68. The van der Waals surface area contributed by atoms with E-state index in [4.69, 9.17) is 4.74 Å². The summed E-state index contributed by atoms with van der Waals surface area (Å²) >= 11 is -2.57. The second-order valence-electron chi connectivity index (χ2n) is 6.62. The van der Waals surface area contributed by atoms with Gasteiger partial charge in [0.15, 0.2) is 0 Å². The van der Waals surface area contributed by atoms with Crippen LogP contribution in [0.4, 0.5) is 0 Å².